The number of halogens is 1. The number of benzene rings is 1. The zero-order valence-electron chi connectivity index (χ0n) is 7.04. The van der Waals surface area contributed by atoms with Crippen LogP contribution in [-0.2, 0) is 4.84 Å². The van der Waals surface area contributed by atoms with Crippen molar-refractivity contribution in [3.8, 4) is 0 Å². The van der Waals surface area contributed by atoms with Crippen LogP contribution in [0.3, 0.4) is 0 Å². The molecule has 0 bridgehead atoms. The number of aryl methyl sites for hydroxylation is 1. The highest BCUT2D eigenvalue weighted by Gasteiger charge is 1.98. The number of nitrogens with zero attached hydrogens (tertiary/aromatic N) is 1. The molecule has 0 N–H and O–H groups in total. The van der Waals surface area contributed by atoms with E-state index in [1.54, 1.807) is 0 Å². The van der Waals surface area contributed by atoms with Gasteiger partial charge in [-0.15, -0.1) is 0 Å². The molecule has 0 aliphatic heterocycles. The van der Waals surface area contributed by atoms with Crippen molar-refractivity contribution in [2.45, 2.75) is 6.92 Å². The van der Waals surface area contributed by atoms with E-state index in [0.717, 1.165) is 5.56 Å². The highest BCUT2D eigenvalue weighted by Crippen LogP contribution is 2.07. The van der Waals surface area contributed by atoms with Crippen molar-refractivity contribution in [3.05, 3.63) is 35.4 Å². The molecule has 0 spiro atoms. The van der Waals surface area contributed by atoms with Gasteiger partial charge in [-0.1, -0.05) is 46.6 Å². The fourth-order valence-corrected chi connectivity index (χ4v) is 1.02. The van der Waals surface area contributed by atoms with Gasteiger partial charge in [-0.05, 0) is 6.92 Å². The lowest BCUT2D eigenvalue weighted by molar-refractivity contribution is 0.214. The van der Waals surface area contributed by atoms with E-state index >= 15 is 0 Å². The van der Waals surface area contributed by atoms with Crippen LogP contribution < -0.4 is 0 Å². The largest absolute Gasteiger partial charge is 0.398 e. The Morgan fingerprint density at radius 2 is 1.92 bits per heavy atom. The molecule has 0 unspecified atom stereocenters. The van der Waals surface area contributed by atoms with Gasteiger partial charge in [0.1, 0.15) is 7.11 Å². The molecule has 0 aliphatic rings. The fourth-order valence-electron chi connectivity index (χ4n) is 0.824. The van der Waals surface area contributed by atoms with Gasteiger partial charge in [0.15, 0.2) is 5.17 Å². The van der Waals surface area contributed by atoms with E-state index in [0.29, 0.717) is 5.17 Å². The molecule has 0 radical (unpaired) electrons. The van der Waals surface area contributed by atoms with Gasteiger partial charge in [-0.2, -0.15) is 0 Å². The maximum Gasteiger partial charge on any atom is 0.175 e. The molecule has 0 atom stereocenters. The van der Waals surface area contributed by atoms with E-state index in [9.17, 15) is 0 Å². The van der Waals surface area contributed by atoms with Gasteiger partial charge in [0.2, 0.25) is 0 Å². The summed E-state index contributed by atoms with van der Waals surface area (Å²) in [6.07, 6.45) is 0. The third kappa shape index (κ3) is 2.24. The molecule has 0 heterocycles. The molecule has 0 saturated heterocycles. The summed E-state index contributed by atoms with van der Waals surface area (Å²) in [5.74, 6) is 0. The molecule has 1 rings (SSSR count). The van der Waals surface area contributed by atoms with Gasteiger partial charge in [-0.25, -0.2) is 0 Å². The molecule has 1 aromatic carbocycles. The summed E-state index contributed by atoms with van der Waals surface area (Å²) < 4.78 is 0. The van der Waals surface area contributed by atoms with E-state index < -0.39 is 0 Å². The molecule has 0 aromatic heterocycles. The third-order valence-corrected chi connectivity index (χ3v) is 1.75. The van der Waals surface area contributed by atoms with Crippen LogP contribution in [0.2, 0.25) is 0 Å². The molecular formula is C9H10ClNO. The molecular weight excluding hydrogens is 174 g/mol. The number of hydrogen-bond acceptors (Lipinski definition) is 2. The molecule has 1 aromatic rings. The van der Waals surface area contributed by atoms with E-state index in [-0.39, 0.29) is 0 Å². The highest BCUT2D eigenvalue weighted by atomic mass is 35.5. The Balaban J connectivity index is 2.89. The van der Waals surface area contributed by atoms with Crippen molar-refractivity contribution in [1.82, 2.24) is 0 Å². The molecule has 0 amide bonds. The summed E-state index contributed by atoms with van der Waals surface area (Å²) in [6, 6.07) is 7.76. The third-order valence-electron chi connectivity index (χ3n) is 1.46. The minimum absolute atomic E-state index is 0.373. The topological polar surface area (TPSA) is 21.6 Å². The first-order chi connectivity index (χ1) is 5.74. The zero-order valence-corrected chi connectivity index (χ0v) is 7.80. The smallest absolute Gasteiger partial charge is 0.175 e. The van der Waals surface area contributed by atoms with Crippen LogP contribution in [0.4, 0.5) is 0 Å². The standard InChI is InChI=1S/C9H10ClNO/c1-7-3-5-8(6-4-7)9(10)11-12-2/h3-6H,1-2H3/b11-9+. The van der Waals surface area contributed by atoms with Crippen molar-refractivity contribution in [1.29, 1.82) is 0 Å². The van der Waals surface area contributed by atoms with Crippen LogP contribution >= 0.6 is 11.6 Å². The Kier molecular flexibility index (Phi) is 3.11. The summed E-state index contributed by atoms with van der Waals surface area (Å²) >= 11 is 5.78. The quantitative estimate of drug-likeness (QED) is 0.510. The van der Waals surface area contributed by atoms with Crippen molar-refractivity contribution < 1.29 is 4.84 Å². The Bertz CT molecular complexity index is 279. The van der Waals surface area contributed by atoms with Gasteiger partial charge < -0.3 is 4.84 Å². The van der Waals surface area contributed by atoms with Crippen LogP contribution in [0.1, 0.15) is 11.1 Å². The van der Waals surface area contributed by atoms with Crippen molar-refractivity contribution in [2.75, 3.05) is 7.11 Å². The molecule has 0 fully saturated rings. The summed E-state index contributed by atoms with van der Waals surface area (Å²) in [7, 11) is 1.47. The maximum atomic E-state index is 5.78. The average molecular weight is 184 g/mol. The monoisotopic (exact) mass is 183 g/mol. The van der Waals surface area contributed by atoms with Crippen molar-refractivity contribution >= 4 is 16.8 Å². The van der Waals surface area contributed by atoms with Gasteiger partial charge in [0.25, 0.3) is 0 Å². The van der Waals surface area contributed by atoms with Gasteiger partial charge in [0.05, 0.1) is 0 Å². The van der Waals surface area contributed by atoms with Crippen LogP contribution in [-0.4, -0.2) is 12.3 Å². The lowest BCUT2D eigenvalue weighted by atomic mass is 10.2. The Morgan fingerprint density at radius 1 is 1.33 bits per heavy atom. The summed E-state index contributed by atoms with van der Waals surface area (Å²) in [4.78, 5) is 4.54. The Labute approximate surface area is 76.8 Å². The fraction of sp³-hybridized carbons (Fsp3) is 0.222. The summed E-state index contributed by atoms with van der Waals surface area (Å²) in [5.41, 5.74) is 2.06. The molecule has 0 saturated carbocycles. The second-order valence-electron chi connectivity index (χ2n) is 2.43. The first-order valence-corrected chi connectivity index (χ1v) is 3.95. The molecule has 64 valence electrons. The lowest BCUT2D eigenvalue weighted by Gasteiger charge is -1.97. The van der Waals surface area contributed by atoms with E-state index in [2.05, 4.69) is 9.99 Å². The minimum Gasteiger partial charge on any atom is -0.398 e. The van der Waals surface area contributed by atoms with Crippen molar-refractivity contribution in [3.63, 3.8) is 0 Å². The summed E-state index contributed by atoms with van der Waals surface area (Å²) in [6.45, 7) is 2.02. The number of oxime groups is 1. The van der Waals surface area contributed by atoms with Crippen LogP contribution in [0, 0.1) is 6.92 Å². The van der Waals surface area contributed by atoms with Gasteiger partial charge in [0, 0.05) is 5.56 Å². The SMILES string of the molecule is CO/N=C(/Cl)c1ccc(C)cc1. The van der Waals surface area contributed by atoms with E-state index in [1.165, 1.54) is 12.7 Å². The summed E-state index contributed by atoms with van der Waals surface area (Å²) in [5, 5.41) is 3.98. The minimum atomic E-state index is 0.373. The second-order valence-corrected chi connectivity index (χ2v) is 2.79. The first kappa shape index (κ1) is 9.07. The maximum absolute atomic E-state index is 5.78. The lowest BCUT2D eigenvalue weighted by Crippen LogP contribution is -1.91. The predicted molar refractivity (Wildman–Crippen MR) is 50.6 cm³/mol. The van der Waals surface area contributed by atoms with Crippen molar-refractivity contribution in [2.24, 2.45) is 5.16 Å². The molecule has 0 aliphatic carbocycles. The second kappa shape index (κ2) is 4.12. The first-order valence-electron chi connectivity index (χ1n) is 3.57. The molecule has 3 heteroatoms. The number of rotatable bonds is 2. The Hall–Kier alpha value is -1.02. The van der Waals surface area contributed by atoms with Crippen LogP contribution in [0.5, 0.6) is 0 Å². The molecule has 2 nitrogen and oxygen atoms in total. The van der Waals surface area contributed by atoms with Crippen LogP contribution in [0.15, 0.2) is 29.4 Å². The number of hydrogen-bond donors (Lipinski definition) is 0. The van der Waals surface area contributed by atoms with Crippen LogP contribution in [0.25, 0.3) is 0 Å². The average Bonchev–Trinajstić information content (AvgIpc) is 2.06. The normalized spacial score (nSPS) is 11.4. The molecule has 12 heavy (non-hydrogen) atoms. The Morgan fingerprint density at radius 3 is 2.42 bits per heavy atom. The van der Waals surface area contributed by atoms with E-state index in [1.807, 2.05) is 31.2 Å². The zero-order chi connectivity index (χ0) is 8.97. The van der Waals surface area contributed by atoms with E-state index in [4.69, 9.17) is 11.6 Å². The highest BCUT2D eigenvalue weighted by molar-refractivity contribution is 6.69. The predicted octanol–water partition coefficient (Wildman–Crippen LogP) is 2.54. The van der Waals surface area contributed by atoms with Gasteiger partial charge in [-0.3, -0.25) is 0 Å². The van der Waals surface area contributed by atoms with Gasteiger partial charge >= 0.3 is 0 Å².